The van der Waals surface area contributed by atoms with Crippen molar-refractivity contribution in [3.05, 3.63) is 29.8 Å². The highest BCUT2D eigenvalue weighted by Gasteiger charge is 2.43. The van der Waals surface area contributed by atoms with Crippen molar-refractivity contribution in [1.82, 2.24) is 4.98 Å². The molecule has 1 aliphatic rings. The SMILES string of the molecule is O=C(Cl)C1CC1c1ccc(F)cn1. The third kappa shape index (κ3) is 1.70. The van der Waals surface area contributed by atoms with Gasteiger partial charge in [-0.3, -0.25) is 9.78 Å². The van der Waals surface area contributed by atoms with Crippen molar-refractivity contribution in [1.29, 1.82) is 0 Å². The number of rotatable bonds is 2. The summed E-state index contributed by atoms with van der Waals surface area (Å²) in [7, 11) is 0. The molecule has 13 heavy (non-hydrogen) atoms. The van der Waals surface area contributed by atoms with Crippen molar-refractivity contribution in [3.63, 3.8) is 0 Å². The number of nitrogens with zero attached hydrogens (tertiary/aromatic N) is 1. The van der Waals surface area contributed by atoms with Crippen molar-refractivity contribution < 1.29 is 9.18 Å². The second kappa shape index (κ2) is 3.07. The summed E-state index contributed by atoms with van der Waals surface area (Å²) >= 11 is 5.31. The predicted molar refractivity (Wildman–Crippen MR) is 45.9 cm³/mol. The van der Waals surface area contributed by atoms with Crippen LogP contribution in [0.1, 0.15) is 18.0 Å². The van der Waals surface area contributed by atoms with Gasteiger partial charge in [0.25, 0.3) is 0 Å². The Morgan fingerprint density at radius 2 is 2.38 bits per heavy atom. The van der Waals surface area contributed by atoms with Crippen LogP contribution in [0.15, 0.2) is 18.3 Å². The van der Waals surface area contributed by atoms with Crippen LogP contribution in [-0.4, -0.2) is 10.2 Å². The average Bonchev–Trinajstić information content (AvgIpc) is 2.85. The second-order valence-corrected chi connectivity index (χ2v) is 3.53. The highest BCUT2D eigenvalue weighted by Crippen LogP contribution is 2.47. The van der Waals surface area contributed by atoms with E-state index >= 15 is 0 Å². The number of pyridine rings is 1. The molecule has 2 unspecified atom stereocenters. The molecule has 68 valence electrons. The van der Waals surface area contributed by atoms with Gasteiger partial charge in [-0.15, -0.1) is 0 Å². The van der Waals surface area contributed by atoms with E-state index in [2.05, 4.69) is 4.98 Å². The zero-order chi connectivity index (χ0) is 9.42. The Morgan fingerprint density at radius 1 is 1.62 bits per heavy atom. The highest BCUT2D eigenvalue weighted by molar-refractivity contribution is 6.64. The lowest BCUT2D eigenvalue weighted by molar-refractivity contribution is -0.112. The summed E-state index contributed by atoms with van der Waals surface area (Å²) in [5.41, 5.74) is 0.750. The molecule has 0 saturated heterocycles. The molecule has 1 aromatic heterocycles. The van der Waals surface area contributed by atoms with Gasteiger partial charge in [-0.05, 0) is 30.2 Å². The summed E-state index contributed by atoms with van der Waals surface area (Å²) < 4.78 is 12.5. The van der Waals surface area contributed by atoms with E-state index in [-0.39, 0.29) is 22.9 Å². The van der Waals surface area contributed by atoms with Gasteiger partial charge in [0.05, 0.1) is 6.20 Å². The molecule has 1 aromatic rings. The Morgan fingerprint density at radius 3 is 2.85 bits per heavy atom. The summed E-state index contributed by atoms with van der Waals surface area (Å²) in [4.78, 5) is 14.6. The molecule has 0 radical (unpaired) electrons. The average molecular weight is 200 g/mol. The minimum atomic E-state index is -0.363. The van der Waals surface area contributed by atoms with Crippen LogP contribution in [0.3, 0.4) is 0 Å². The third-order valence-electron chi connectivity index (χ3n) is 2.21. The fraction of sp³-hybridized carbons (Fsp3) is 0.333. The quantitative estimate of drug-likeness (QED) is 0.683. The molecule has 0 N–H and O–H groups in total. The first-order valence-corrected chi connectivity index (χ1v) is 4.37. The van der Waals surface area contributed by atoms with Crippen LogP contribution in [0.2, 0.25) is 0 Å². The normalized spacial score (nSPS) is 25.7. The Bertz CT molecular complexity index is 338. The van der Waals surface area contributed by atoms with Crippen LogP contribution in [0, 0.1) is 11.7 Å². The molecule has 2 atom stereocenters. The number of halogens is 2. The number of hydrogen-bond donors (Lipinski definition) is 0. The lowest BCUT2D eigenvalue weighted by atomic mass is 10.2. The van der Waals surface area contributed by atoms with Gasteiger partial charge in [0, 0.05) is 17.5 Å². The van der Waals surface area contributed by atoms with Crippen molar-refractivity contribution in [2.45, 2.75) is 12.3 Å². The van der Waals surface area contributed by atoms with Crippen LogP contribution in [0.4, 0.5) is 4.39 Å². The van der Waals surface area contributed by atoms with Crippen LogP contribution >= 0.6 is 11.6 Å². The summed E-state index contributed by atoms with van der Waals surface area (Å²) in [6, 6.07) is 2.94. The van der Waals surface area contributed by atoms with Crippen molar-refractivity contribution in [3.8, 4) is 0 Å². The largest absolute Gasteiger partial charge is 0.281 e. The lowest BCUT2D eigenvalue weighted by Gasteiger charge is -1.95. The summed E-state index contributed by atoms with van der Waals surface area (Å²) in [6.07, 6.45) is 1.89. The molecule has 2 nitrogen and oxygen atoms in total. The van der Waals surface area contributed by atoms with E-state index in [9.17, 15) is 9.18 Å². The van der Waals surface area contributed by atoms with Crippen LogP contribution in [-0.2, 0) is 4.79 Å². The maximum absolute atomic E-state index is 12.5. The first kappa shape index (κ1) is 8.63. The van der Waals surface area contributed by atoms with Crippen molar-refractivity contribution in [2.24, 2.45) is 5.92 Å². The maximum Gasteiger partial charge on any atom is 0.225 e. The number of hydrogen-bond acceptors (Lipinski definition) is 2. The van der Waals surface area contributed by atoms with Gasteiger partial charge in [0.1, 0.15) is 5.82 Å². The molecular weight excluding hydrogens is 193 g/mol. The van der Waals surface area contributed by atoms with Gasteiger partial charge in [0.15, 0.2) is 0 Å². The highest BCUT2D eigenvalue weighted by atomic mass is 35.5. The Kier molecular flexibility index (Phi) is 2.04. The molecule has 2 rings (SSSR count). The summed E-state index contributed by atoms with van der Waals surface area (Å²) in [5.74, 6) is -0.372. The molecule has 1 aliphatic carbocycles. The van der Waals surface area contributed by atoms with Gasteiger partial charge >= 0.3 is 0 Å². The molecule has 0 aromatic carbocycles. The summed E-state index contributed by atoms with van der Waals surface area (Å²) in [5, 5.41) is -0.323. The Labute approximate surface area is 79.7 Å². The van der Waals surface area contributed by atoms with E-state index in [4.69, 9.17) is 11.6 Å². The predicted octanol–water partition coefficient (Wildman–Crippen LogP) is 2.09. The fourth-order valence-corrected chi connectivity index (χ4v) is 1.62. The van der Waals surface area contributed by atoms with Crippen molar-refractivity contribution in [2.75, 3.05) is 0 Å². The maximum atomic E-state index is 12.5. The molecule has 0 amide bonds. The fourth-order valence-electron chi connectivity index (χ4n) is 1.38. The number of aromatic nitrogens is 1. The molecule has 0 spiro atoms. The molecule has 0 aliphatic heterocycles. The standard InChI is InChI=1S/C9H7ClFNO/c10-9(13)7-3-6(7)8-2-1-5(11)4-12-8/h1-2,4,6-7H,3H2. The van der Waals surface area contributed by atoms with E-state index in [1.807, 2.05) is 0 Å². The zero-order valence-corrected chi connectivity index (χ0v) is 7.46. The van der Waals surface area contributed by atoms with Gasteiger partial charge in [0.2, 0.25) is 5.24 Å². The van der Waals surface area contributed by atoms with Gasteiger partial charge in [-0.1, -0.05) is 0 Å². The monoisotopic (exact) mass is 199 g/mol. The van der Waals surface area contributed by atoms with E-state index in [0.717, 1.165) is 18.3 Å². The molecular formula is C9H7ClFNO. The lowest BCUT2D eigenvalue weighted by Crippen LogP contribution is -1.94. The molecule has 1 fully saturated rings. The topological polar surface area (TPSA) is 30.0 Å². The number of carbonyl (C=O) groups excluding carboxylic acids is 1. The van der Waals surface area contributed by atoms with E-state index in [1.54, 1.807) is 6.07 Å². The minimum Gasteiger partial charge on any atom is -0.281 e. The molecule has 1 heterocycles. The number of carbonyl (C=O) groups is 1. The van der Waals surface area contributed by atoms with Crippen LogP contribution in [0.5, 0.6) is 0 Å². The van der Waals surface area contributed by atoms with E-state index in [1.165, 1.54) is 6.07 Å². The molecule has 0 bridgehead atoms. The third-order valence-corrected chi connectivity index (χ3v) is 2.49. The van der Waals surface area contributed by atoms with E-state index in [0.29, 0.717) is 0 Å². The zero-order valence-electron chi connectivity index (χ0n) is 6.71. The Balaban J connectivity index is 2.12. The van der Waals surface area contributed by atoms with E-state index < -0.39 is 0 Å². The van der Waals surface area contributed by atoms with Crippen LogP contribution in [0.25, 0.3) is 0 Å². The molecule has 4 heteroatoms. The smallest absolute Gasteiger partial charge is 0.225 e. The van der Waals surface area contributed by atoms with Gasteiger partial charge < -0.3 is 0 Å². The first-order valence-electron chi connectivity index (χ1n) is 3.99. The second-order valence-electron chi connectivity index (χ2n) is 3.15. The first-order chi connectivity index (χ1) is 6.18. The van der Waals surface area contributed by atoms with Gasteiger partial charge in [-0.2, -0.15) is 0 Å². The van der Waals surface area contributed by atoms with Gasteiger partial charge in [-0.25, -0.2) is 4.39 Å². The summed E-state index contributed by atoms with van der Waals surface area (Å²) in [6.45, 7) is 0. The van der Waals surface area contributed by atoms with Crippen molar-refractivity contribution >= 4 is 16.8 Å². The van der Waals surface area contributed by atoms with Crippen LogP contribution < -0.4 is 0 Å². The Hall–Kier alpha value is -0.960. The minimum absolute atomic E-state index is 0.102. The molecule has 1 saturated carbocycles.